The molecule has 0 spiro atoms. The van der Waals surface area contributed by atoms with Crippen LogP contribution in [0.25, 0.3) is 0 Å². The maximum Gasteiger partial charge on any atom is 0.0482 e. The lowest BCUT2D eigenvalue weighted by Crippen LogP contribution is -2.27. The highest BCUT2D eigenvalue weighted by molar-refractivity contribution is 6.13. The Balaban J connectivity index is 2.50. The number of halogens is 1. The minimum absolute atomic E-state index is 0.239. The largest absolute Gasteiger partial charge is 0.304 e. The van der Waals surface area contributed by atoms with Crippen molar-refractivity contribution in [3.63, 3.8) is 0 Å². The number of nitrogens with one attached hydrogen (secondary N) is 1. The van der Waals surface area contributed by atoms with Gasteiger partial charge in [0.25, 0.3) is 0 Å². The third kappa shape index (κ3) is 4.12. The van der Waals surface area contributed by atoms with E-state index in [1.807, 2.05) is 18.2 Å². The second-order valence-corrected chi connectivity index (χ2v) is 4.11. The Hall–Kier alpha value is -0.570. The van der Waals surface area contributed by atoms with Gasteiger partial charge in [0.15, 0.2) is 0 Å². The number of nitrogens with zero attached hydrogens (tertiary/aromatic N) is 1. The van der Waals surface area contributed by atoms with Crippen LogP contribution in [0.1, 0.15) is 31.9 Å². The summed E-state index contributed by atoms with van der Waals surface area (Å²) in [6.07, 6.45) is 1.04. The van der Waals surface area contributed by atoms with Crippen molar-refractivity contribution in [1.29, 1.82) is 0 Å². The van der Waals surface area contributed by atoms with Gasteiger partial charge >= 0.3 is 0 Å². The molecular formula is C13H21ClN2. The molecule has 1 rings (SSSR count). The van der Waals surface area contributed by atoms with Crippen LogP contribution in [0.5, 0.6) is 0 Å². The summed E-state index contributed by atoms with van der Waals surface area (Å²) in [5, 5.41) is 0. The molecule has 1 atom stereocenters. The van der Waals surface area contributed by atoms with Crippen molar-refractivity contribution in [1.82, 2.24) is 9.74 Å². The molecule has 0 saturated heterocycles. The quantitative estimate of drug-likeness (QED) is 0.737. The zero-order valence-electron chi connectivity index (χ0n) is 10.1. The van der Waals surface area contributed by atoms with Gasteiger partial charge in [0.2, 0.25) is 0 Å². The van der Waals surface area contributed by atoms with E-state index in [1.165, 1.54) is 5.56 Å². The third-order valence-electron chi connectivity index (χ3n) is 2.96. The maximum atomic E-state index is 5.80. The van der Waals surface area contributed by atoms with E-state index >= 15 is 0 Å². The summed E-state index contributed by atoms with van der Waals surface area (Å²) in [6.45, 7) is 7.65. The molecule has 0 saturated carbocycles. The van der Waals surface area contributed by atoms with Crippen molar-refractivity contribution in [2.45, 2.75) is 26.3 Å². The minimum atomic E-state index is 0.239. The summed E-state index contributed by atoms with van der Waals surface area (Å²) in [5.74, 6) is 0. The van der Waals surface area contributed by atoms with Crippen molar-refractivity contribution in [2.24, 2.45) is 0 Å². The van der Waals surface area contributed by atoms with E-state index in [-0.39, 0.29) is 6.04 Å². The molecule has 0 aromatic heterocycles. The van der Waals surface area contributed by atoms with Crippen molar-refractivity contribution in [3.05, 3.63) is 35.9 Å². The van der Waals surface area contributed by atoms with Gasteiger partial charge in [-0.3, -0.25) is 0 Å². The van der Waals surface area contributed by atoms with Crippen molar-refractivity contribution >= 4 is 11.8 Å². The average molecular weight is 241 g/mol. The smallest absolute Gasteiger partial charge is 0.0482 e. The molecule has 0 aliphatic heterocycles. The van der Waals surface area contributed by atoms with Gasteiger partial charge in [-0.1, -0.05) is 44.2 Å². The number of benzene rings is 1. The van der Waals surface area contributed by atoms with Gasteiger partial charge in [0.1, 0.15) is 0 Å². The topological polar surface area (TPSA) is 15.3 Å². The zero-order chi connectivity index (χ0) is 11.8. The Labute approximate surface area is 104 Å². The first-order chi connectivity index (χ1) is 7.81. The molecule has 2 nitrogen and oxygen atoms in total. The van der Waals surface area contributed by atoms with Gasteiger partial charge in [-0.25, -0.2) is 4.84 Å². The van der Waals surface area contributed by atoms with Crippen LogP contribution >= 0.6 is 11.8 Å². The van der Waals surface area contributed by atoms with Gasteiger partial charge in [-0.05, 0) is 43.4 Å². The van der Waals surface area contributed by atoms with Gasteiger partial charge in [-0.2, -0.15) is 0 Å². The van der Waals surface area contributed by atoms with E-state index in [2.05, 4.69) is 35.7 Å². The fraction of sp³-hybridized carbons (Fsp3) is 0.538. The van der Waals surface area contributed by atoms with Gasteiger partial charge in [-0.15, -0.1) is 0 Å². The van der Waals surface area contributed by atoms with Crippen LogP contribution in [0.4, 0.5) is 0 Å². The van der Waals surface area contributed by atoms with E-state index in [0.717, 1.165) is 26.1 Å². The fourth-order valence-corrected chi connectivity index (χ4v) is 2.06. The standard InChI is InChI=1S/C13H21ClN2/c1-3-16(4-2)11-10-13(15-14)12-8-6-5-7-9-12/h5-9,13,15H,3-4,10-11H2,1-2H3. The van der Waals surface area contributed by atoms with Crippen molar-refractivity contribution in [2.75, 3.05) is 19.6 Å². The maximum absolute atomic E-state index is 5.80. The van der Waals surface area contributed by atoms with Crippen LogP contribution < -0.4 is 4.84 Å². The predicted molar refractivity (Wildman–Crippen MR) is 70.6 cm³/mol. The lowest BCUT2D eigenvalue weighted by molar-refractivity contribution is 0.288. The Kier molecular flexibility index (Phi) is 6.46. The molecule has 90 valence electrons. The molecule has 1 unspecified atom stereocenters. The second kappa shape index (κ2) is 7.66. The Morgan fingerprint density at radius 2 is 1.81 bits per heavy atom. The summed E-state index contributed by atoms with van der Waals surface area (Å²) < 4.78 is 0. The first kappa shape index (κ1) is 13.5. The molecule has 3 heteroatoms. The average Bonchev–Trinajstić information content (AvgIpc) is 2.36. The van der Waals surface area contributed by atoms with Gasteiger partial charge in [0.05, 0.1) is 0 Å². The third-order valence-corrected chi connectivity index (χ3v) is 3.23. The predicted octanol–water partition coefficient (Wildman–Crippen LogP) is 3.20. The molecule has 1 aromatic rings. The molecular weight excluding hydrogens is 220 g/mol. The van der Waals surface area contributed by atoms with Crippen LogP contribution in [0.15, 0.2) is 30.3 Å². The van der Waals surface area contributed by atoms with E-state index in [1.54, 1.807) is 0 Å². The monoisotopic (exact) mass is 240 g/mol. The SMILES string of the molecule is CCN(CC)CCC(NCl)c1ccccc1. The summed E-state index contributed by atoms with van der Waals surface area (Å²) in [7, 11) is 0. The molecule has 1 N–H and O–H groups in total. The Morgan fingerprint density at radius 1 is 1.19 bits per heavy atom. The Morgan fingerprint density at radius 3 is 2.31 bits per heavy atom. The lowest BCUT2D eigenvalue weighted by Gasteiger charge is -2.22. The van der Waals surface area contributed by atoms with E-state index in [9.17, 15) is 0 Å². The van der Waals surface area contributed by atoms with Gasteiger partial charge < -0.3 is 4.90 Å². The van der Waals surface area contributed by atoms with Crippen LogP contribution in [0.3, 0.4) is 0 Å². The molecule has 0 aliphatic rings. The summed E-state index contributed by atoms with van der Waals surface area (Å²) in [4.78, 5) is 5.27. The van der Waals surface area contributed by atoms with E-state index in [4.69, 9.17) is 11.8 Å². The Bertz CT molecular complexity index is 273. The molecule has 0 fully saturated rings. The highest BCUT2D eigenvalue weighted by atomic mass is 35.5. The second-order valence-electron chi connectivity index (χ2n) is 3.89. The minimum Gasteiger partial charge on any atom is -0.304 e. The molecule has 1 aromatic carbocycles. The number of hydrogen-bond acceptors (Lipinski definition) is 2. The van der Waals surface area contributed by atoms with Crippen molar-refractivity contribution in [3.8, 4) is 0 Å². The number of rotatable bonds is 7. The van der Waals surface area contributed by atoms with Crippen molar-refractivity contribution < 1.29 is 0 Å². The van der Waals surface area contributed by atoms with Gasteiger partial charge in [0, 0.05) is 6.04 Å². The fourth-order valence-electron chi connectivity index (χ4n) is 1.82. The summed E-state index contributed by atoms with van der Waals surface area (Å²) in [5.41, 5.74) is 1.25. The van der Waals surface area contributed by atoms with E-state index < -0.39 is 0 Å². The van der Waals surface area contributed by atoms with Crippen LogP contribution in [-0.2, 0) is 0 Å². The first-order valence-corrected chi connectivity index (χ1v) is 6.33. The summed E-state index contributed by atoms with van der Waals surface area (Å²) >= 11 is 5.80. The molecule has 0 aliphatic carbocycles. The normalized spacial score (nSPS) is 13.0. The molecule has 0 amide bonds. The van der Waals surface area contributed by atoms with Crippen LogP contribution in [0, 0.1) is 0 Å². The number of hydrogen-bond donors (Lipinski definition) is 1. The van der Waals surface area contributed by atoms with Crippen LogP contribution in [0.2, 0.25) is 0 Å². The first-order valence-electron chi connectivity index (χ1n) is 5.95. The van der Waals surface area contributed by atoms with Crippen LogP contribution in [-0.4, -0.2) is 24.5 Å². The molecule has 0 heterocycles. The lowest BCUT2D eigenvalue weighted by atomic mass is 10.0. The molecule has 0 bridgehead atoms. The highest BCUT2D eigenvalue weighted by Gasteiger charge is 2.10. The molecule has 16 heavy (non-hydrogen) atoms. The summed E-state index contributed by atoms with van der Waals surface area (Å²) in [6, 6.07) is 10.6. The van der Waals surface area contributed by atoms with E-state index in [0.29, 0.717) is 0 Å². The highest BCUT2D eigenvalue weighted by Crippen LogP contribution is 2.17. The zero-order valence-corrected chi connectivity index (χ0v) is 10.9. The molecule has 0 radical (unpaired) electrons.